The molecule has 9 heteroatoms. The van der Waals surface area contributed by atoms with E-state index < -0.39 is 27.3 Å². The lowest BCUT2D eigenvalue weighted by Gasteiger charge is -2.33. The monoisotopic (exact) mass is 447 g/mol. The topological polar surface area (TPSA) is 113 Å². The third kappa shape index (κ3) is 4.20. The van der Waals surface area contributed by atoms with Crippen molar-refractivity contribution in [3.8, 4) is 0 Å². The Morgan fingerprint density at radius 3 is 2.32 bits per heavy atom. The second kappa shape index (κ2) is 8.26. The first-order valence-electron chi connectivity index (χ1n) is 11.0. The van der Waals surface area contributed by atoms with Gasteiger partial charge in [-0.1, -0.05) is 19.8 Å². The second-order valence-electron chi connectivity index (χ2n) is 9.11. The van der Waals surface area contributed by atoms with E-state index >= 15 is 0 Å². The zero-order chi connectivity index (χ0) is 22.2. The zero-order valence-corrected chi connectivity index (χ0v) is 18.5. The fourth-order valence-electron chi connectivity index (χ4n) is 4.88. The number of sulfone groups is 1. The Hall–Kier alpha value is -2.42. The van der Waals surface area contributed by atoms with Crippen LogP contribution in [0, 0.1) is 5.92 Å². The molecule has 2 aliphatic carbocycles. The molecule has 0 atom stereocenters. The maximum absolute atomic E-state index is 12.9. The van der Waals surface area contributed by atoms with Gasteiger partial charge < -0.3 is 10.6 Å². The highest BCUT2D eigenvalue weighted by Crippen LogP contribution is 2.36. The quantitative estimate of drug-likeness (QED) is 0.674. The van der Waals surface area contributed by atoms with Crippen LogP contribution in [0.15, 0.2) is 29.2 Å². The number of rotatable bonds is 5. The Labute approximate surface area is 182 Å². The number of hydrogen-bond acceptors (Lipinski definition) is 5. The first-order chi connectivity index (χ1) is 14.7. The lowest BCUT2D eigenvalue weighted by molar-refractivity contribution is -0.135. The summed E-state index contributed by atoms with van der Waals surface area (Å²) in [4.78, 5) is 38.9. The van der Waals surface area contributed by atoms with Crippen molar-refractivity contribution in [3.05, 3.63) is 24.3 Å². The van der Waals surface area contributed by atoms with Crippen molar-refractivity contribution in [2.75, 3.05) is 11.9 Å². The van der Waals surface area contributed by atoms with Crippen molar-refractivity contribution in [1.82, 2.24) is 10.2 Å². The third-order valence-corrected chi connectivity index (χ3v) is 9.16. The molecule has 2 saturated carbocycles. The Morgan fingerprint density at radius 2 is 1.71 bits per heavy atom. The minimum Gasteiger partial charge on any atom is -0.325 e. The van der Waals surface area contributed by atoms with Gasteiger partial charge in [0, 0.05) is 5.69 Å². The van der Waals surface area contributed by atoms with E-state index in [4.69, 9.17) is 0 Å². The molecule has 0 aromatic heterocycles. The standard InChI is InChI=1S/C22H29N3O5S/c1-15-10-12-22(13-11-15)20(27)25(21(28)24-22)14-19(26)23-16-6-8-18(9-7-16)31(29,30)17-4-2-3-5-17/h6-9,15,17H,2-5,10-14H2,1H3,(H,23,26)(H,24,28). The number of hydrogen-bond donors (Lipinski definition) is 2. The number of carbonyl (C=O) groups excluding carboxylic acids is 3. The minimum atomic E-state index is -3.36. The fourth-order valence-corrected chi connectivity index (χ4v) is 6.73. The lowest BCUT2D eigenvalue weighted by Crippen LogP contribution is -2.49. The SMILES string of the molecule is CC1CCC2(CC1)NC(=O)N(CC(=O)Nc1ccc(S(=O)(=O)C3CCCC3)cc1)C2=O. The van der Waals surface area contributed by atoms with Gasteiger partial charge in [-0.15, -0.1) is 0 Å². The van der Waals surface area contributed by atoms with Crippen LogP contribution in [0.1, 0.15) is 58.3 Å². The molecule has 31 heavy (non-hydrogen) atoms. The smallest absolute Gasteiger partial charge is 0.325 e. The molecule has 0 bridgehead atoms. The Bertz CT molecular complexity index is 975. The molecule has 168 valence electrons. The Morgan fingerprint density at radius 1 is 1.10 bits per heavy atom. The molecule has 1 aliphatic heterocycles. The molecule has 3 aliphatic rings. The van der Waals surface area contributed by atoms with Gasteiger partial charge in [-0.25, -0.2) is 13.2 Å². The molecule has 4 amide bonds. The van der Waals surface area contributed by atoms with E-state index in [0.29, 0.717) is 37.3 Å². The number of nitrogens with one attached hydrogen (secondary N) is 2. The number of imide groups is 1. The molecule has 1 spiro atoms. The van der Waals surface area contributed by atoms with Crippen molar-refractivity contribution in [3.63, 3.8) is 0 Å². The van der Waals surface area contributed by atoms with Crippen LogP contribution in [0.5, 0.6) is 0 Å². The van der Waals surface area contributed by atoms with Crippen LogP contribution < -0.4 is 10.6 Å². The van der Waals surface area contributed by atoms with Gasteiger partial charge in [-0.2, -0.15) is 0 Å². The van der Waals surface area contributed by atoms with Crippen LogP contribution in [-0.2, 0) is 19.4 Å². The summed E-state index contributed by atoms with van der Waals surface area (Å²) in [6.07, 6.45) is 6.15. The molecule has 0 unspecified atom stereocenters. The van der Waals surface area contributed by atoms with E-state index in [0.717, 1.165) is 30.6 Å². The van der Waals surface area contributed by atoms with Crippen LogP contribution >= 0.6 is 0 Å². The highest BCUT2D eigenvalue weighted by molar-refractivity contribution is 7.92. The summed E-state index contributed by atoms with van der Waals surface area (Å²) >= 11 is 0. The summed E-state index contributed by atoms with van der Waals surface area (Å²) in [7, 11) is -3.36. The van der Waals surface area contributed by atoms with Gasteiger partial charge in [0.05, 0.1) is 10.1 Å². The first kappa shape index (κ1) is 21.8. The maximum Gasteiger partial charge on any atom is 0.325 e. The second-order valence-corrected chi connectivity index (χ2v) is 11.3. The predicted molar refractivity (Wildman–Crippen MR) is 115 cm³/mol. The first-order valence-corrected chi connectivity index (χ1v) is 12.5. The summed E-state index contributed by atoms with van der Waals surface area (Å²) in [5.41, 5.74) is -0.455. The van der Waals surface area contributed by atoms with Crippen molar-refractivity contribution >= 4 is 33.4 Å². The number of nitrogens with zero attached hydrogens (tertiary/aromatic N) is 1. The number of carbonyl (C=O) groups is 3. The summed E-state index contributed by atoms with van der Waals surface area (Å²) in [5, 5.41) is 5.12. The molecule has 0 radical (unpaired) electrons. The zero-order valence-electron chi connectivity index (χ0n) is 17.7. The average molecular weight is 448 g/mol. The van der Waals surface area contributed by atoms with Crippen LogP contribution in [-0.4, -0.2) is 48.5 Å². The van der Waals surface area contributed by atoms with E-state index in [1.165, 1.54) is 24.3 Å². The minimum absolute atomic E-state index is 0.250. The maximum atomic E-state index is 12.9. The highest BCUT2D eigenvalue weighted by Gasteiger charge is 2.52. The van der Waals surface area contributed by atoms with Crippen molar-refractivity contribution in [1.29, 1.82) is 0 Å². The molecule has 3 fully saturated rings. The van der Waals surface area contributed by atoms with Crippen molar-refractivity contribution in [2.24, 2.45) is 5.92 Å². The normalized spacial score (nSPS) is 27.0. The van der Waals surface area contributed by atoms with Crippen LogP contribution in [0.3, 0.4) is 0 Å². The van der Waals surface area contributed by atoms with Gasteiger partial charge in [-0.05, 0) is 68.7 Å². The lowest BCUT2D eigenvalue weighted by atomic mass is 9.77. The molecule has 1 aromatic carbocycles. The molecular weight excluding hydrogens is 418 g/mol. The number of amides is 4. The van der Waals surface area contributed by atoms with Gasteiger partial charge in [-0.3, -0.25) is 14.5 Å². The van der Waals surface area contributed by atoms with Crippen LogP contribution in [0.4, 0.5) is 10.5 Å². The Kier molecular flexibility index (Phi) is 5.81. The number of urea groups is 1. The van der Waals surface area contributed by atoms with Gasteiger partial charge in [0.15, 0.2) is 9.84 Å². The average Bonchev–Trinajstić information content (AvgIpc) is 3.36. The van der Waals surface area contributed by atoms with Gasteiger partial charge in [0.2, 0.25) is 5.91 Å². The number of benzene rings is 1. The molecule has 4 rings (SSSR count). The molecule has 1 heterocycles. The van der Waals surface area contributed by atoms with E-state index in [1.54, 1.807) is 0 Å². The van der Waals surface area contributed by atoms with E-state index in [2.05, 4.69) is 17.6 Å². The molecule has 8 nitrogen and oxygen atoms in total. The molecular formula is C22H29N3O5S. The summed E-state index contributed by atoms with van der Waals surface area (Å²) in [5.74, 6) is -0.318. The van der Waals surface area contributed by atoms with E-state index in [1.807, 2.05) is 0 Å². The van der Waals surface area contributed by atoms with Gasteiger partial charge >= 0.3 is 6.03 Å². The predicted octanol–water partition coefficient (Wildman–Crippen LogP) is 2.84. The summed E-state index contributed by atoms with van der Waals surface area (Å²) < 4.78 is 25.3. The Balaban J connectivity index is 1.38. The fraction of sp³-hybridized carbons (Fsp3) is 0.591. The molecule has 2 N–H and O–H groups in total. The molecule has 1 saturated heterocycles. The number of anilines is 1. The summed E-state index contributed by atoms with van der Waals surface area (Å²) in [6.45, 7) is 1.76. The highest BCUT2D eigenvalue weighted by atomic mass is 32.2. The van der Waals surface area contributed by atoms with E-state index in [9.17, 15) is 22.8 Å². The van der Waals surface area contributed by atoms with E-state index in [-0.39, 0.29) is 22.6 Å². The molecule has 1 aromatic rings. The largest absolute Gasteiger partial charge is 0.325 e. The van der Waals surface area contributed by atoms with Gasteiger partial charge in [0.1, 0.15) is 12.1 Å². The summed E-state index contributed by atoms with van der Waals surface area (Å²) in [6, 6.07) is 5.53. The van der Waals surface area contributed by atoms with Crippen LogP contribution in [0.2, 0.25) is 0 Å². The van der Waals surface area contributed by atoms with Crippen LogP contribution in [0.25, 0.3) is 0 Å². The van der Waals surface area contributed by atoms with Crippen molar-refractivity contribution < 1.29 is 22.8 Å². The van der Waals surface area contributed by atoms with Crippen molar-refractivity contribution in [2.45, 2.75) is 74.0 Å². The third-order valence-electron chi connectivity index (χ3n) is 6.88. The van der Waals surface area contributed by atoms with Gasteiger partial charge in [0.25, 0.3) is 5.91 Å².